The van der Waals surface area contributed by atoms with E-state index in [0.29, 0.717) is 0 Å². The molecule has 0 N–H and O–H groups in total. The average molecular weight is 294 g/mol. The number of aryl methyl sites for hydroxylation is 1. The van der Waals surface area contributed by atoms with Crippen molar-refractivity contribution in [2.45, 2.75) is 43.9 Å². The summed E-state index contributed by atoms with van der Waals surface area (Å²) in [6.07, 6.45) is 6.47. The third kappa shape index (κ3) is 6.10. The molecule has 0 radical (unpaired) electrons. The van der Waals surface area contributed by atoms with Crippen molar-refractivity contribution in [2.24, 2.45) is 0 Å². The van der Waals surface area contributed by atoms with E-state index in [1.807, 2.05) is 18.2 Å². The number of unbranched alkanes of at least 4 members (excludes halogenated alkanes) is 3. The summed E-state index contributed by atoms with van der Waals surface area (Å²) < 4.78 is 0. The Kier molecular flexibility index (Phi) is 6.98. The standard InChI is InChI=1S/C20H22S/c1-2-3-4-6-9-18-12-14-19(15-13-18)16-17-21-20-10-7-5-8-11-20/h5,7-8,10-15H,2-4,6,9H2,1H3. The molecule has 108 valence electrons. The van der Waals surface area contributed by atoms with Crippen LogP contribution in [-0.4, -0.2) is 0 Å². The van der Waals surface area contributed by atoms with E-state index in [2.05, 4.69) is 54.5 Å². The van der Waals surface area contributed by atoms with Crippen molar-refractivity contribution >= 4 is 11.8 Å². The van der Waals surface area contributed by atoms with Gasteiger partial charge in [-0.25, -0.2) is 0 Å². The lowest BCUT2D eigenvalue weighted by Crippen LogP contribution is -1.86. The second-order valence-electron chi connectivity index (χ2n) is 5.15. The minimum atomic E-state index is 1.09. The molecule has 1 heteroatoms. The van der Waals surface area contributed by atoms with Crippen LogP contribution in [0.25, 0.3) is 0 Å². The number of benzene rings is 2. The van der Waals surface area contributed by atoms with E-state index in [1.165, 1.54) is 42.6 Å². The van der Waals surface area contributed by atoms with E-state index in [1.54, 1.807) is 11.8 Å². The van der Waals surface area contributed by atoms with Gasteiger partial charge in [-0.2, -0.15) is 0 Å². The van der Waals surface area contributed by atoms with Crippen LogP contribution in [-0.2, 0) is 6.42 Å². The highest BCUT2D eigenvalue weighted by Gasteiger charge is 1.94. The van der Waals surface area contributed by atoms with Crippen LogP contribution in [0.1, 0.15) is 43.7 Å². The van der Waals surface area contributed by atoms with Crippen molar-refractivity contribution in [1.29, 1.82) is 0 Å². The zero-order chi connectivity index (χ0) is 14.8. The molecule has 0 aromatic heterocycles. The number of hydrogen-bond acceptors (Lipinski definition) is 1. The van der Waals surface area contributed by atoms with Crippen LogP contribution in [0.15, 0.2) is 59.5 Å². The molecule has 0 amide bonds. The van der Waals surface area contributed by atoms with E-state index < -0.39 is 0 Å². The predicted octanol–water partition coefficient (Wildman–Crippen LogP) is 5.91. The highest BCUT2D eigenvalue weighted by Crippen LogP contribution is 2.15. The van der Waals surface area contributed by atoms with E-state index >= 15 is 0 Å². The maximum Gasteiger partial charge on any atom is 0.0254 e. The van der Waals surface area contributed by atoms with Gasteiger partial charge in [0.25, 0.3) is 0 Å². The highest BCUT2D eigenvalue weighted by atomic mass is 32.2. The molecule has 0 saturated carbocycles. The summed E-state index contributed by atoms with van der Waals surface area (Å²) in [5, 5.41) is 3.16. The summed E-state index contributed by atoms with van der Waals surface area (Å²) in [5.74, 6) is 3.21. The summed E-state index contributed by atoms with van der Waals surface area (Å²) in [6, 6.07) is 19.0. The van der Waals surface area contributed by atoms with Crippen molar-refractivity contribution in [2.75, 3.05) is 0 Å². The predicted molar refractivity (Wildman–Crippen MR) is 93.5 cm³/mol. The van der Waals surface area contributed by atoms with Gasteiger partial charge in [-0.3, -0.25) is 0 Å². The van der Waals surface area contributed by atoms with E-state index in [-0.39, 0.29) is 0 Å². The molecule has 0 atom stereocenters. The summed E-state index contributed by atoms with van der Waals surface area (Å²) in [4.78, 5) is 1.19. The van der Waals surface area contributed by atoms with Crippen molar-refractivity contribution in [3.8, 4) is 11.2 Å². The average Bonchev–Trinajstić information content (AvgIpc) is 2.54. The topological polar surface area (TPSA) is 0 Å². The lowest BCUT2D eigenvalue weighted by Gasteiger charge is -2.01. The van der Waals surface area contributed by atoms with Gasteiger partial charge in [0.15, 0.2) is 0 Å². The van der Waals surface area contributed by atoms with Gasteiger partial charge in [0.1, 0.15) is 0 Å². The third-order valence-electron chi connectivity index (χ3n) is 3.38. The highest BCUT2D eigenvalue weighted by molar-refractivity contribution is 8.03. The molecule has 0 aliphatic rings. The molecule has 21 heavy (non-hydrogen) atoms. The monoisotopic (exact) mass is 294 g/mol. The van der Waals surface area contributed by atoms with E-state index in [4.69, 9.17) is 0 Å². The number of thioether (sulfide) groups is 1. The molecule has 0 aliphatic carbocycles. The largest absolute Gasteiger partial charge is 0.0654 e. The smallest absolute Gasteiger partial charge is 0.0254 e. The van der Waals surface area contributed by atoms with Crippen LogP contribution in [0.2, 0.25) is 0 Å². The molecule has 0 unspecified atom stereocenters. The summed E-state index contributed by atoms with van der Waals surface area (Å²) in [7, 11) is 0. The Morgan fingerprint density at radius 2 is 1.62 bits per heavy atom. The van der Waals surface area contributed by atoms with Crippen molar-refractivity contribution in [3.63, 3.8) is 0 Å². The Morgan fingerprint density at radius 3 is 2.33 bits per heavy atom. The molecule has 2 aromatic rings. The Balaban J connectivity index is 1.82. The second-order valence-corrected chi connectivity index (χ2v) is 6.03. The third-order valence-corrected chi connectivity index (χ3v) is 4.09. The number of rotatable bonds is 6. The Bertz CT molecular complexity index is 573. The second kappa shape index (κ2) is 9.32. The number of hydrogen-bond donors (Lipinski definition) is 0. The molecule has 0 nitrogen and oxygen atoms in total. The summed E-state index contributed by atoms with van der Waals surface area (Å²) >= 11 is 1.58. The van der Waals surface area contributed by atoms with Crippen molar-refractivity contribution in [1.82, 2.24) is 0 Å². The van der Waals surface area contributed by atoms with E-state index in [9.17, 15) is 0 Å². The van der Waals surface area contributed by atoms with Crippen LogP contribution in [0.3, 0.4) is 0 Å². The maximum absolute atomic E-state index is 3.21. The van der Waals surface area contributed by atoms with Gasteiger partial charge in [-0.15, -0.1) is 0 Å². The molecule has 2 rings (SSSR count). The van der Waals surface area contributed by atoms with Gasteiger partial charge in [0, 0.05) is 10.5 Å². The minimum absolute atomic E-state index is 1.09. The fourth-order valence-corrected chi connectivity index (χ4v) is 2.72. The Hall–Kier alpha value is -1.65. The van der Waals surface area contributed by atoms with Crippen molar-refractivity contribution < 1.29 is 0 Å². The summed E-state index contributed by atoms with van der Waals surface area (Å²) in [6.45, 7) is 2.25. The van der Waals surface area contributed by atoms with Crippen LogP contribution < -0.4 is 0 Å². The van der Waals surface area contributed by atoms with Gasteiger partial charge in [0.2, 0.25) is 0 Å². The van der Waals surface area contributed by atoms with Crippen molar-refractivity contribution in [3.05, 3.63) is 65.7 Å². The molecule has 0 fully saturated rings. The van der Waals surface area contributed by atoms with Gasteiger partial charge in [-0.05, 0) is 59.7 Å². The zero-order valence-electron chi connectivity index (χ0n) is 12.6. The molecular formula is C20H22S. The Morgan fingerprint density at radius 1 is 0.857 bits per heavy atom. The zero-order valence-corrected chi connectivity index (χ0v) is 13.5. The molecule has 2 aromatic carbocycles. The molecule has 0 heterocycles. The SMILES string of the molecule is CCCCCCc1ccc(C#CSc2ccccc2)cc1. The van der Waals surface area contributed by atoms with Crippen LogP contribution in [0.5, 0.6) is 0 Å². The lowest BCUT2D eigenvalue weighted by atomic mass is 10.0. The normalized spacial score (nSPS) is 9.95. The molecular weight excluding hydrogens is 272 g/mol. The van der Waals surface area contributed by atoms with Crippen LogP contribution in [0, 0.1) is 11.2 Å². The first kappa shape index (κ1) is 15.7. The fraction of sp³-hybridized carbons (Fsp3) is 0.300. The van der Waals surface area contributed by atoms with Gasteiger partial charge in [0.05, 0.1) is 0 Å². The first-order valence-electron chi connectivity index (χ1n) is 7.70. The van der Waals surface area contributed by atoms with Gasteiger partial charge < -0.3 is 0 Å². The van der Waals surface area contributed by atoms with Gasteiger partial charge in [-0.1, -0.05) is 62.4 Å². The molecule has 0 bridgehead atoms. The maximum atomic E-state index is 3.21. The first-order chi connectivity index (χ1) is 10.4. The molecule has 0 spiro atoms. The Labute approximate surface area is 133 Å². The van der Waals surface area contributed by atoms with Crippen LogP contribution in [0.4, 0.5) is 0 Å². The van der Waals surface area contributed by atoms with Crippen LogP contribution >= 0.6 is 11.8 Å². The quantitative estimate of drug-likeness (QED) is 0.362. The first-order valence-corrected chi connectivity index (χ1v) is 8.52. The molecule has 0 aliphatic heterocycles. The summed E-state index contributed by atoms with van der Waals surface area (Å²) in [5.41, 5.74) is 2.52. The molecule has 0 saturated heterocycles. The van der Waals surface area contributed by atoms with E-state index in [0.717, 1.165) is 5.56 Å². The van der Waals surface area contributed by atoms with Gasteiger partial charge >= 0.3 is 0 Å². The lowest BCUT2D eigenvalue weighted by molar-refractivity contribution is 0.667. The fourth-order valence-electron chi connectivity index (χ4n) is 2.14. The minimum Gasteiger partial charge on any atom is -0.0654 e.